The first-order chi connectivity index (χ1) is 8.85. The molecular formula is C14H24N2O3. The molecule has 1 rings (SSSR count). The Labute approximate surface area is 114 Å². The minimum atomic E-state index is -0.206. The maximum atomic E-state index is 11.9. The number of carbonyl (C=O) groups excluding carboxylic acids is 1. The van der Waals surface area contributed by atoms with Crippen molar-refractivity contribution in [3.63, 3.8) is 0 Å². The van der Waals surface area contributed by atoms with E-state index in [1.165, 1.54) is 0 Å². The van der Waals surface area contributed by atoms with Crippen LogP contribution in [-0.2, 0) is 4.74 Å². The topological polar surface area (TPSA) is 63.5 Å². The Morgan fingerprint density at radius 2 is 1.89 bits per heavy atom. The van der Waals surface area contributed by atoms with E-state index in [0.29, 0.717) is 0 Å². The molecule has 5 nitrogen and oxygen atoms in total. The van der Waals surface area contributed by atoms with Gasteiger partial charge in [-0.1, -0.05) is 0 Å². The fraction of sp³-hybridized carbons (Fsp3) is 0.643. The summed E-state index contributed by atoms with van der Waals surface area (Å²) in [7, 11) is 1.63. The van der Waals surface area contributed by atoms with Crippen LogP contribution in [0.5, 0.6) is 0 Å². The van der Waals surface area contributed by atoms with E-state index in [-0.39, 0.29) is 24.2 Å². The van der Waals surface area contributed by atoms with Gasteiger partial charge in [-0.2, -0.15) is 0 Å². The molecule has 1 aromatic heterocycles. The van der Waals surface area contributed by atoms with Gasteiger partial charge in [-0.25, -0.2) is 4.79 Å². The van der Waals surface area contributed by atoms with Crippen molar-refractivity contribution in [3.05, 3.63) is 23.2 Å². The minimum absolute atomic E-state index is 0.0287. The first-order valence-electron chi connectivity index (χ1n) is 6.52. The van der Waals surface area contributed by atoms with Crippen molar-refractivity contribution in [2.45, 2.75) is 52.8 Å². The van der Waals surface area contributed by atoms with E-state index in [2.05, 4.69) is 10.6 Å². The Hall–Kier alpha value is -1.49. The Balaban J connectivity index is 2.55. The summed E-state index contributed by atoms with van der Waals surface area (Å²) in [5, 5.41) is 5.75. The summed E-state index contributed by atoms with van der Waals surface area (Å²) < 4.78 is 10.6. The van der Waals surface area contributed by atoms with Gasteiger partial charge < -0.3 is 19.8 Å². The maximum absolute atomic E-state index is 11.9. The third-order valence-electron chi connectivity index (χ3n) is 3.33. The van der Waals surface area contributed by atoms with Crippen LogP contribution in [0.3, 0.4) is 0 Å². The van der Waals surface area contributed by atoms with Gasteiger partial charge in [-0.3, -0.25) is 0 Å². The van der Waals surface area contributed by atoms with Gasteiger partial charge in [0.1, 0.15) is 11.5 Å². The number of urea groups is 1. The van der Waals surface area contributed by atoms with Crippen LogP contribution in [0, 0.1) is 13.8 Å². The number of nitrogens with one attached hydrogen (secondary N) is 2. The van der Waals surface area contributed by atoms with Crippen LogP contribution < -0.4 is 10.6 Å². The zero-order chi connectivity index (χ0) is 14.6. The van der Waals surface area contributed by atoms with Crippen LogP contribution in [0.15, 0.2) is 10.5 Å². The normalized spacial score (nSPS) is 15.7. The second-order valence-corrected chi connectivity index (χ2v) is 4.94. The van der Waals surface area contributed by atoms with E-state index >= 15 is 0 Å². The molecule has 0 spiro atoms. The predicted molar refractivity (Wildman–Crippen MR) is 74.2 cm³/mol. The maximum Gasteiger partial charge on any atom is 0.315 e. The van der Waals surface area contributed by atoms with Gasteiger partial charge in [0, 0.05) is 12.7 Å². The summed E-state index contributed by atoms with van der Waals surface area (Å²) in [6.07, 6.45) is -0.0287. The fourth-order valence-corrected chi connectivity index (χ4v) is 1.92. The summed E-state index contributed by atoms with van der Waals surface area (Å²) in [6, 6.07) is 1.59. The van der Waals surface area contributed by atoms with E-state index in [1.807, 2.05) is 40.7 Å². The summed E-state index contributed by atoms with van der Waals surface area (Å²) in [4.78, 5) is 11.9. The summed E-state index contributed by atoms with van der Waals surface area (Å²) in [5.74, 6) is 1.69. The van der Waals surface area contributed by atoms with Crippen molar-refractivity contribution in [2.75, 3.05) is 7.11 Å². The number of amides is 2. The number of hydrogen-bond acceptors (Lipinski definition) is 3. The monoisotopic (exact) mass is 268 g/mol. The summed E-state index contributed by atoms with van der Waals surface area (Å²) >= 11 is 0. The average Bonchev–Trinajstić information content (AvgIpc) is 2.67. The highest BCUT2D eigenvalue weighted by Gasteiger charge is 2.18. The Kier molecular flexibility index (Phi) is 5.42. The zero-order valence-corrected chi connectivity index (χ0v) is 12.5. The number of hydrogen-bond donors (Lipinski definition) is 2. The van der Waals surface area contributed by atoms with Crippen molar-refractivity contribution in [1.82, 2.24) is 10.6 Å². The molecule has 0 aliphatic heterocycles. The van der Waals surface area contributed by atoms with Gasteiger partial charge in [0.05, 0.1) is 18.2 Å². The summed E-state index contributed by atoms with van der Waals surface area (Å²) in [6.45, 7) is 9.55. The van der Waals surface area contributed by atoms with E-state index in [1.54, 1.807) is 7.11 Å². The highest BCUT2D eigenvalue weighted by molar-refractivity contribution is 5.74. The molecule has 1 heterocycles. The van der Waals surface area contributed by atoms with Crippen molar-refractivity contribution in [3.8, 4) is 0 Å². The van der Waals surface area contributed by atoms with Crippen molar-refractivity contribution >= 4 is 6.03 Å². The fourth-order valence-electron chi connectivity index (χ4n) is 1.92. The third kappa shape index (κ3) is 4.28. The number of methoxy groups -OCH3 is 1. The highest BCUT2D eigenvalue weighted by Crippen LogP contribution is 2.20. The van der Waals surface area contributed by atoms with Gasteiger partial charge in [-0.05, 0) is 40.7 Å². The van der Waals surface area contributed by atoms with Crippen LogP contribution >= 0.6 is 0 Å². The van der Waals surface area contributed by atoms with Crippen molar-refractivity contribution in [1.29, 1.82) is 0 Å². The third-order valence-corrected chi connectivity index (χ3v) is 3.33. The minimum Gasteiger partial charge on any atom is -0.466 e. The largest absolute Gasteiger partial charge is 0.466 e. The number of rotatable bonds is 5. The number of furan rings is 1. The molecule has 19 heavy (non-hydrogen) atoms. The summed E-state index contributed by atoms with van der Waals surface area (Å²) in [5.41, 5.74) is 1.00. The molecule has 1 aromatic rings. The lowest BCUT2D eigenvalue weighted by atomic mass is 10.1. The quantitative estimate of drug-likeness (QED) is 0.863. The van der Waals surface area contributed by atoms with Crippen LogP contribution in [0.2, 0.25) is 0 Å². The van der Waals surface area contributed by atoms with E-state index in [9.17, 15) is 4.79 Å². The van der Waals surface area contributed by atoms with Gasteiger partial charge in [0.15, 0.2) is 0 Å². The SMILES string of the molecule is COC(C)[C@H](C)NC(=O)NC(C)c1cc(C)oc1C. The predicted octanol–water partition coefficient (Wildman–Crippen LogP) is 2.68. The van der Waals surface area contributed by atoms with Gasteiger partial charge in [0.25, 0.3) is 0 Å². The molecule has 108 valence electrons. The van der Waals surface area contributed by atoms with E-state index < -0.39 is 0 Å². The van der Waals surface area contributed by atoms with E-state index in [0.717, 1.165) is 17.1 Å². The van der Waals surface area contributed by atoms with Crippen molar-refractivity contribution in [2.24, 2.45) is 0 Å². The number of ether oxygens (including phenoxy) is 1. The first kappa shape index (κ1) is 15.6. The van der Waals surface area contributed by atoms with Crippen LogP contribution in [-0.4, -0.2) is 25.3 Å². The lowest BCUT2D eigenvalue weighted by Gasteiger charge is -2.21. The van der Waals surface area contributed by atoms with Crippen LogP contribution in [0.4, 0.5) is 4.79 Å². The highest BCUT2D eigenvalue weighted by atomic mass is 16.5. The molecule has 2 amide bonds. The number of carbonyl (C=O) groups is 1. The first-order valence-corrected chi connectivity index (χ1v) is 6.52. The van der Waals surface area contributed by atoms with Gasteiger partial charge in [-0.15, -0.1) is 0 Å². The lowest BCUT2D eigenvalue weighted by molar-refractivity contribution is 0.0910. The smallest absolute Gasteiger partial charge is 0.315 e. The van der Waals surface area contributed by atoms with Gasteiger partial charge >= 0.3 is 6.03 Å². The standard InChI is InChI=1S/C14H24N2O3/c1-8-7-13(12(5)19-8)10(3)16-14(17)15-9(2)11(4)18-6/h7,9-11H,1-6H3,(H2,15,16,17)/t9-,10?,11?/m0/s1. The van der Waals surface area contributed by atoms with Crippen LogP contribution in [0.25, 0.3) is 0 Å². The molecule has 0 saturated carbocycles. The van der Waals surface area contributed by atoms with E-state index in [4.69, 9.17) is 9.15 Å². The van der Waals surface area contributed by atoms with Gasteiger partial charge in [0.2, 0.25) is 0 Å². The molecule has 0 aliphatic carbocycles. The molecule has 0 fully saturated rings. The molecule has 0 aliphatic rings. The Bertz CT molecular complexity index is 428. The second kappa shape index (κ2) is 6.61. The molecule has 0 saturated heterocycles. The van der Waals surface area contributed by atoms with Crippen LogP contribution in [0.1, 0.15) is 43.9 Å². The molecule has 5 heteroatoms. The second-order valence-electron chi connectivity index (χ2n) is 4.94. The number of aryl methyl sites for hydroxylation is 2. The molecule has 2 unspecified atom stereocenters. The zero-order valence-electron chi connectivity index (χ0n) is 12.5. The lowest BCUT2D eigenvalue weighted by Crippen LogP contribution is -2.46. The Morgan fingerprint density at radius 1 is 1.26 bits per heavy atom. The molecule has 0 bridgehead atoms. The molecular weight excluding hydrogens is 244 g/mol. The molecule has 0 radical (unpaired) electrons. The average molecular weight is 268 g/mol. The van der Waals surface area contributed by atoms with Crippen molar-refractivity contribution < 1.29 is 13.9 Å². The Morgan fingerprint density at radius 3 is 2.37 bits per heavy atom. The molecule has 2 N–H and O–H groups in total. The molecule has 3 atom stereocenters. The molecule has 0 aromatic carbocycles.